The molecular weight excluding hydrogens is 333 g/mol. The molecule has 140 valence electrons. The number of benzene rings is 2. The summed E-state index contributed by atoms with van der Waals surface area (Å²) in [6.07, 6.45) is 0.244. The highest BCUT2D eigenvalue weighted by Crippen LogP contribution is 2.23. The van der Waals surface area contributed by atoms with Gasteiger partial charge >= 0.3 is 0 Å². The third-order valence-electron chi connectivity index (χ3n) is 4.16. The highest BCUT2D eigenvalue weighted by molar-refractivity contribution is 5.30. The normalized spacial score (nSPS) is 20.3. The van der Waals surface area contributed by atoms with E-state index in [1.165, 1.54) is 12.1 Å². The first kappa shape index (κ1) is 18.8. The largest absolute Gasteiger partial charge is 0.491 e. The van der Waals surface area contributed by atoms with E-state index in [1.54, 1.807) is 0 Å². The molecule has 1 heterocycles. The van der Waals surface area contributed by atoms with E-state index >= 15 is 0 Å². The van der Waals surface area contributed by atoms with Crippen LogP contribution < -0.4 is 10.1 Å². The van der Waals surface area contributed by atoms with Gasteiger partial charge in [0.1, 0.15) is 11.6 Å². The summed E-state index contributed by atoms with van der Waals surface area (Å²) in [6.45, 7) is 5.69. The molecule has 0 aliphatic carbocycles. The van der Waals surface area contributed by atoms with Crippen LogP contribution in [0.15, 0.2) is 48.5 Å². The Balaban J connectivity index is 1.59. The second-order valence-electron chi connectivity index (χ2n) is 6.66. The van der Waals surface area contributed by atoms with E-state index in [-0.39, 0.29) is 24.3 Å². The summed E-state index contributed by atoms with van der Waals surface area (Å²) in [5.74, 6) is 0.253. The van der Waals surface area contributed by atoms with Crippen molar-refractivity contribution in [2.45, 2.75) is 38.7 Å². The Morgan fingerprint density at radius 3 is 2.77 bits per heavy atom. The molecule has 4 nitrogen and oxygen atoms in total. The van der Waals surface area contributed by atoms with Crippen molar-refractivity contribution < 1.29 is 18.6 Å². The minimum Gasteiger partial charge on any atom is -0.491 e. The van der Waals surface area contributed by atoms with Gasteiger partial charge < -0.3 is 19.5 Å². The van der Waals surface area contributed by atoms with Crippen LogP contribution in [0.5, 0.6) is 5.75 Å². The van der Waals surface area contributed by atoms with Crippen molar-refractivity contribution in [3.05, 3.63) is 65.5 Å². The van der Waals surface area contributed by atoms with Gasteiger partial charge in [0, 0.05) is 12.6 Å². The molecule has 0 saturated carbocycles. The number of nitrogens with one attached hydrogen (secondary N) is 1. The van der Waals surface area contributed by atoms with Crippen LogP contribution in [0.3, 0.4) is 0 Å². The van der Waals surface area contributed by atoms with Gasteiger partial charge in [0.25, 0.3) is 0 Å². The quantitative estimate of drug-likeness (QED) is 0.815. The van der Waals surface area contributed by atoms with E-state index in [2.05, 4.69) is 17.4 Å². The molecule has 2 atom stereocenters. The van der Waals surface area contributed by atoms with Crippen molar-refractivity contribution >= 4 is 0 Å². The van der Waals surface area contributed by atoms with Crippen LogP contribution in [0, 0.1) is 5.82 Å². The lowest BCUT2D eigenvalue weighted by Gasteiger charge is -2.33. The SMILES string of the molecule is CC(C)Oc1cc(F)cc(CCOC2OCCNC2c2ccccc2)c1. The molecular formula is C21H26FNO3. The maximum atomic E-state index is 13.8. The Kier molecular flexibility index (Phi) is 6.61. The predicted molar refractivity (Wildman–Crippen MR) is 98.7 cm³/mol. The van der Waals surface area contributed by atoms with Crippen molar-refractivity contribution in [1.82, 2.24) is 5.32 Å². The maximum Gasteiger partial charge on any atom is 0.176 e. The Morgan fingerprint density at radius 1 is 1.19 bits per heavy atom. The van der Waals surface area contributed by atoms with Gasteiger partial charge in [-0.05, 0) is 43.5 Å². The fourth-order valence-corrected chi connectivity index (χ4v) is 3.06. The van der Waals surface area contributed by atoms with Crippen LogP contribution in [0.25, 0.3) is 0 Å². The highest BCUT2D eigenvalue weighted by atomic mass is 19.1. The molecule has 1 N–H and O–H groups in total. The minimum atomic E-state index is -0.355. The van der Waals surface area contributed by atoms with E-state index in [0.717, 1.165) is 17.7 Å². The predicted octanol–water partition coefficient (Wildman–Crippen LogP) is 3.86. The molecule has 0 spiro atoms. The monoisotopic (exact) mass is 359 g/mol. The van der Waals surface area contributed by atoms with Gasteiger partial charge in [0.2, 0.25) is 0 Å². The zero-order valence-corrected chi connectivity index (χ0v) is 15.3. The first-order valence-corrected chi connectivity index (χ1v) is 9.09. The van der Waals surface area contributed by atoms with Crippen LogP contribution in [-0.2, 0) is 15.9 Å². The molecule has 0 bridgehead atoms. The number of halogens is 1. The summed E-state index contributed by atoms with van der Waals surface area (Å²) in [5, 5.41) is 3.44. The molecule has 2 aromatic rings. The van der Waals surface area contributed by atoms with E-state index in [4.69, 9.17) is 14.2 Å². The second kappa shape index (κ2) is 9.12. The number of ether oxygens (including phenoxy) is 3. The lowest BCUT2D eigenvalue weighted by Crippen LogP contribution is -2.43. The number of hydrogen-bond donors (Lipinski definition) is 1. The zero-order valence-electron chi connectivity index (χ0n) is 15.3. The average Bonchev–Trinajstić information content (AvgIpc) is 2.62. The maximum absolute atomic E-state index is 13.8. The molecule has 0 radical (unpaired) electrons. The van der Waals surface area contributed by atoms with Crippen LogP contribution in [-0.4, -0.2) is 32.2 Å². The highest BCUT2D eigenvalue weighted by Gasteiger charge is 2.27. The van der Waals surface area contributed by atoms with Gasteiger partial charge in [-0.1, -0.05) is 30.3 Å². The van der Waals surface area contributed by atoms with Crippen LogP contribution in [0.1, 0.15) is 31.0 Å². The molecule has 2 unspecified atom stereocenters. The summed E-state index contributed by atoms with van der Waals surface area (Å²) in [7, 11) is 0. The van der Waals surface area contributed by atoms with Crippen molar-refractivity contribution in [3.63, 3.8) is 0 Å². The topological polar surface area (TPSA) is 39.7 Å². The molecule has 1 aliphatic rings. The fraction of sp³-hybridized carbons (Fsp3) is 0.429. The Hall–Kier alpha value is -1.95. The third kappa shape index (κ3) is 5.27. The van der Waals surface area contributed by atoms with Crippen molar-refractivity contribution in [2.75, 3.05) is 19.8 Å². The lowest BCUT2D eigenvalue weighted by atomic mass is 10.1. The zero-order chi connectivity index (χ0) is 18.4. The Bertz CT molecular complexity index is 693. The first-order chi connectivity index (χ1) is 12.6. The molecule has 26 heavy (non-hydrogen) atoms. The molecule has 1 aliphatic heterocycles. The molecule has 0 amide bonds. The number of morpholine rings is 1. The van der Waals surface area contributed by atoms with Crippen molar-refractivity contribution in [1.29, 1.82) is 0 Å². The smallest absolute Gasteiger partial charge is 0.176 e. The number of rotatable bonds is 7. The van der Waals surface area contributed by atoms with E-state index in [0.29, 0.717) is 25.4 Å². The van der Waals surface area contributed by atoms with Crippen molar-refractivity contribution in [2.24, 2.45) is 0 Å². The summed E-state index contributed by atoms with van der Waals surface area (Å²) >= 11 is 0. The van der Waals surface area contributed by atoms with Crippen LogP contribution in [0.2, 0.25) is 0 Å². The van der Waals surface area contributed by atoms with E-state index in [1.807, 2.05) is 38.1 Å². The van der Waals surface area contributed by atoms with Crippen LogP contribution in [0.4, 0.5) is 4.39 Å². The van der Waals surface area contributed by atoms with Crippen molar-refractivity contribution in [3.8, 4) is 5.75 Å². The summed E-state index contributed by atoms with van der Waals surface area (Å²) in [5.41, 5.74) is 1.98. The van der Waals surface area contributed by atoms with Crippen LogP contribution >= 0.6 is 0 Å². The third-order valence-corrected chi connectivity index (χ3v) is 4.16. The molecule has 1 fully saturated rings. The Morgan fingerprint density at radius 2 is 2.00 bits per heavy atom. The van der Waals surface area contributed by atoms with Gasteiger partial charge in [-0.25, -0.2) is 4.39 Å². The van der Waals surface area contributed by atoms with Gasteiger partial charge in [0.15, 0.2) is 6.29 Å². The molecule has 0 aromatic heterocycles. The molecule has 2 aromatic carbocycles. The Labute approximate surface area is 154 Å². The molecule has 1 saturated heterocycles. The fourth-order valence-electron chi connectivity index (χ4n) is 3.06. The van der Waals surface area contributed by atoms with Gasteiger partial charge in [-0.3, -0.25) is 0 Å². The molecule has 3 rings (SSSR count). The average molecular weight is 359 g/mol. The lowest BCUT2D eigenvalue weighted by molar-refractivity contribution is -0.176. The van der Waals surface area contributed by atoms with Gasteiger partial charge in [-0.2, -0.15) is 0 Å². The van der Waals surface area contributed by atoms with Gasteiger partial charge in [-0.15, -0.1) is 0 Å². The summed E-state index contributed by atoms with van der Waals surface area (Å²) < 4.78 is 31.1. The minimum absolute atomic E-state index is 0.00250. The summed E-state index contributed by atoms with van der Waals surface area (Å²) in [6, 6.07) is 14.9. The standard InChI is InChI=1S/C21H26FNO3/c1-15(2)26-19-13-16(12-18(22)14-19)8-10-24-21-20(23-9-11-25-21)17-6-4-3-5-7-17/h3-7,12-15,20-21,23H,8-11H2,1-2H3. The number of hydrogen-bond acceptors (Lipinski definition) is 4. The molecule has 5 heteroatoms. The van der Waals surface area contributed by atoms with E-state index in [9.17, 15) is 4.39 Å². The van der Waals surface area contributed by atoms with E-state index < -0.39 is 0 Å². The second-order valence-corrected chi connectivity index (χ2v) is 6.66. The first-order valence-electron chi connectivity index (χ1n) is 9.09. The summed E-state index contributed by atoms with van der Waals surface area (Å²) in [4.78, 5) is 0. The van der Waals surface area contributed by atoms with Gasteiger partial charge in [0.05, 0.1) is 25.4 Å².